The van der Waals surface area contributed by atoms with Crippen molar-refractivity contribution in [2.45, 2.75) is 38.2 Å². The number of benzene rings is 1. The Bertz CT molecular complexity index is 561. The van der Waals surface area contributed by atoms with Crippen LogP contribution in [0, 0.1) is 35.0 Å². The number of nitrogens with zero attached hydrogens (tertiary/aromatic N) is 1. The molecule has 0 radical (unpaired) electrons. The van der Waals surface area contributed by atoms with Crippen LogP contribution in [0.1, 0.15) is 37.7 Å². The molecule has 0 saturated heterocycles. The molecular weight excluding hydrogens is 262 g/mol. The highest BCUT2D eigenvalue weighted by molar-refractivity contribution is 5.46. The average Bonchev–Trinajstić information content (AvgIpc) is 2.50. The second-order valence-electron chi connectivity index (χ2n) is 6.99. The molecule has 4 bridgehead atoms. The largest absolute Gasteiger partial charge is 0.493 e. The first-order chi connectivity index (χ1) is 10.3. The minimum atomic E-state index is 0.347. The van der Waals surface area contributed by atoms with Gasteiger partial charge in [0.25, 0.3) is 0 Å². The number of hydrogen-bond donors (Lipinski definition) is 0. The van der Waals surface area contributed by atoms with Crippen molar-refractivity contribution >= 4 is 0 Å². The SMILES string of the molecule is COc1cc(C#N)ccc1OC1C2CC3CC(C2)CC1C3. The van der Waals surface area contributed by atoms with Gasteiger partial charge in [-0.25, -0.2) is 0 Å². The Morgan fingerprint density at radius 3 is 2.24 bits per heavy atom. The Kier molecular flexibility index (Phi) is 3.06. The van der Waals surface area contributed by atoms with Crippen molar-refractivity contribution < 1.29 is 9.47 Å². The van der Waals surface area contributed by atoms with Crippen LogP contribution in [0.5, 0.6) is 11.5 Å². The summed E-state index contributed by atoms with van der Waals surface area (Å²) >= 11 is 0. The molecule has 0 heterocycles. The van der Waals surface area contributed by atoms with E-state index in [1.807, 2.05) is 12.1 Å². The predicted octanol–water partition coefficient (Wildman–Crippen LogP) is 3.77. The lowest BCUT2D eigenvalue weighted by atomic mass is 9.55. The maximum absolute atomic E-state index is 8.99. The normalized spacial score (nSPS) is 36.3. The molecule has 21 heavy (non-hydrogen) atoms. The molecule has 3 heteroatoms. The van der Waals surface area contributed by atoms with E-state index < -0.39 is 0 Å². The third-order valence-electron chi connectivity index (χ3n) is 5.70. The summed E-state index contributed by atoms with van der Waals surface area (Å²) in [5.41, 5.74) is 0.615. The molecule has 4 aliphatic carbocycles. The molecule has 4 aliphatic rings. The summed E-state index contributed by atoms with van der Waals surface area (Å²) in [6.45, 7) is 0. The lowest BCUT2D eigenvalue weighted by Gasteiger charge is -2.53. The van der Waals surface area contributed by atoms with Crippen molar-refractivity contribution in [2.75, 3.05) is 7.11 Å². The second-order valence-corrected chi connectivity index (χ2v) is 6.99. The van der Waals surface area contributed by atoms with Crippen molar-refractivity contribution in [3.63, 3.8) is 0 Å². The molecule has 4 fully saturated rings. The lowest BCUT2D eigenvalue weighted by Crippen LogP contribution is -2.50. The van der Waals surface area contributed by atoms with Crippen LogP contribution in [-0.4, -0.2) is 13.2 Å². The summed E-state index contributed by atoms with van der Waals surface area (Å²) in [4.78, 5) is 0. The van der Waals surface area contributed by atoms with Gasteiger partial charge in [-0.05, 0) is 67.9 Å². The van der Waals surface area contributed by atoms with Crippen LogP contribution in [0.25, 0.3) is 0 Å². The molecule has 0 aromatic heterocycles. The summed E-state index contributed by atoms with van der Waals surface area (Å²) in [6, 6.07) is 7.62. The second kappa shape index (κ2) is 4.94. The highest BCUT2D eigenvalue weighted by atomic mass is 16.5. The van der Waals surface area contributed by atoms with Gasteiger partial charge >= 0.3 is 0 Å². The molecule has 0 atom stereocenters. The molecule has 4 saturated carbocycles. The molecule has 0 unspecified atom stereocenters. The quantitative estimate of drug-likeness (QED) is 0.848. The predicted molar refractivity (Wildman–Crippen MR) is 79.2 cm³/mol. The van der Waals surface area contributed by atoms with E-state index in [1.54, 1.807) is 13.2 Å². The van der Waals surface area contributed by atoms with Crippen molar-refractivity contribution in [2.24, 2.45) is 23.7 Å². The minimum absolute atomic E-state index is 0.347. The van der Waals surface area contributed by atoms with E-state index in [4.69, 9.17) is 14.7 Å². The minimum Gasteiger partial charge on any atom is -0.493 e. The van der Waals surface area contributed by atoms with Gasteiger partial charge in [0.05, 0.1) is 18.7 Å². The molecule has 5 rings (SSSR count). The van der Waals surface area contributed by atoms with E-state index in [2.05, 4.69) is 6.07 Å². The zero-order valence-electron chi connectivity index (χ0n) is 12.4. The Balaban J connectivity index is 1.58. The molecule has 0 aliphatic heterocycles. The summed E-state index contributed by atoms with van der Waals surface area (Å²) < 4.78 is 11.8. The molecule has 1 aromatic carbocycles. The van der Waals surface area contributed by atoms with Crippen LogP contribution >= 0.6 is 0 Å². The maximum atomic E-state index is 8.99. The number of nitriles is 1. The number of rotatable bonds is 3. The van der Waals surface area contributed by atoms with E-state index in [0.29, 0.717) is 17.4 Å². The van der Waals surface area contributed by atoms with Crippen LogP contribution in [-0.2, 0) is 0 Å². The van der Waals surface area contributed by atoms with Gasteiger partial charge in [-0.2, -0.15) is 5.26 Å². The van der Waals surface area contributed by atoms with Gasteiger partial charge in [-0.3, -0.25) is 0 Å². The Hall–Kier alpha value is -1.69. The first kappa shape index (κ1) is 13.0. The number of ether oxygens (including phenoxy) is 2. The number of methoxy groups -OCH3 is 1. The van der Waals surface area contributed by atoms with Crippen LogP contribution in [0.3, 0.4) is 0 Å². The van der Waals surface area contributed by atoms with E-state index in [9.17, 15) is 0 Å². The van der Waals surface area contributed by atoms with Crippen molar-refractivity contribution in [1.29, 1.82) is 5.26 Å². The van der Waals surface area contributed by atoms with Crippen molar-refractivity contribution in [3.05, 3.63) is 23.8 Å². The van der Waals surface area contributed by atoms with Crippen LogP contribution < -0.4 is 9.47 Å². The van der Waals surface area contributed by atoms with Crippen molar-refractivity contribution in [3.8, 4) is 17.6 Å². The Morgan fingerprint density at radius 1 is 1.00 bits per heavy atom. The summed E-state index contributed by atoms with van der Waals surface area (Å²) in [5.74, 6) is 4.84. The van der Waals surface area contributed by atoms with Gasteiger partial charge in [0, 0.05) is 6.07 Å². The first-order valence-electron chi connectivity index (χ1n) is 8.01. The van der Waals surface area contributed by atoms with Crippen LogP contribution in [0.4, 0.5) is 0 Å². The summed E-state index contributed by atoms with van der Waals surface area (Å²) in [7, 11) is 1.64. The fraction of sp³-hybridized carbons (Fsp3) is 0.611. The fourth-order valence-corrected chi connectivity index (χ4v) is 5.05. The zero-order chi connectivity index (χ0) is 14.4. The maximum Gasteiger partial charge on any atom is 0.162 e. The smallest absolute Gasteiger partial charge is 0.162 e. The standard InChI is InChI=1S/C18H21NO2/c1-20-17-9-11(10-19)2-3-16(17)21-18-14-5-12-4-13(7-14)8-15(18)6-12/h2-3,9,12-15,18H,4-8H2,1H3. The van der Waals surface area contributed by atoms with Gasteiger partial charge in [0.15, 0.2) is 11.5 Å². The van der Waals surface area contributed by atoms with Gasteiger partial charge in [-0.1, -0.05) is 0 Å². The molecule has 110 valence electrons. The van der Waals surface area contributed by atoms with Gasteiger partial charge in [0.1, 0.15) is 6.10 Å². The van der Waals surface area contributed by atoms with Crippen molar-refractivity contribution in [1.82, 2.24) is 0 Å². The van der Waals surface area contributed by atoms with E-state index in [-0.39, 0.29) is 0 Å². The molecule has 3 nitrogen and oxygen atoms in total. The highest BCUT2D eigenvalue weighted by Gasteiger charge is 2.49. The molecular formula is C18H21NO2. The highest BCUT2D eigenvalue weighted by Crippen LogP contribution is 2.55. The van der Waals surface area contributed by atoms with Gasteiger partial charge in [0.2, 0.25) is 0 Å². The molecule has 0 N–H and O–H groups in total. The van der Waals surface area contributed by atoms with E-state index in [1.165, 1.54) is 32.1 Å². The summed E-state index contributed by atoms with van der Waals surface area (Å²) in [6.07, 6.45) is 7.18. The lowest BCUT2D eigenvalue weighted by molar-refractivity contribution is -0.0795. The van der Waals surface area contributed by atoms with Gasteiger partial charge < -0.3 is 9.47 Å². The van der Waals surface area contributed by atoms with Gasteiger partial charge in [-0.15, -0.1) is 0 Å². The third kappa shape index (κ3) is 2.18. The monoisotopic (exact) mass is 283 g/mol. The number of hydrogen-bond acceptors (Lipinski definition) is 3. The Morgan fingerprint density at radius 2 is 1.67 bits per heavy atom. The topological polar surface area (TPSA) is 42.2 Å². The zero-order valence-corrected chi connectivity index (χ0v) is 12.4. The molecule has 1 aromatic rings. The third-order valence-corrected chi connectivity index (χ3v) is 5.70. The molecule has 0 spiro atoms. The van der Waals surface area contributed by atoms with Crippen LogP contribution in [0.2, 0.25) is 0 Å². The average molecular weight is 283 g/mol. The summed E-state index contributed by atoms with van der Waals surface area (Å²) in [5, 5.41) is 8.99. The fourth-order valence-electron chi connectivity index (χ4n) is 5.05. The first-order valence-corrected chi connectivity index (χ1v) is 8.01. The van der Waals surface area contributed by atoms with E-state index in [0.717, 1.165) is 29.4 Å². The van der Waals surface area contributed by atoms with E-state index >= 15 is 0 Å². The molecule has 0 amide bonds. The van der Waals surface area contributed by atoms with Crippen LogP contribution in [0.15, 0.2) is 18.2 Å². The Labute approximate surface area is 125 Å².